The first kappa shape index (κ1) is 14.5. The zero-order valence-corrected chi connectivity index (χ0v) is 12.9. The van der Waals surface area contributed by atoms with Crippen LogP contribution in [0, 0.1) is 12.3 Å². The number of nitrogens with one attached hydrogen (secondary N) is 1. The van der Waals surface area contributed by atoms with Crippen molar-refractivity contribution in [1.29, 1.82) is 0 Å². The molecule has 22 heavy (non-hydrogen) atoms. The Morgan fingerprint density at radius 3 is 3.05 bits per heavy atom. The van der Waals surface area contributed by atoms with Gasteiger partial charge in [0, 0.05) is 17.2 Å². The van der Waals surface area contributed by atoms with E-state index in [1.165, 1.54) is 4.88 Å². The highest BCUT2D eigenvalue weighted by Crippen LogP contribution is 2.42. The van der Waals surface area contributed by atoms with Crippen LogP contribution in [0.2, 0.25) is 0 Å². The lowest BCUT2D eigenvalue weighted by molar-refractivity contribution is -0.116. The number of carbonyl (C=O) groups is 1. The van der Waals surface area contributed by atoms with E-state index in [-0.39, 0.29) is 18.4 Å². The van der Waals surface area contributed by atoms with Crippen LogP contribution in [0.4, 0.5) is 5.69 Å². The average molecular weight is 313 g/mol. The molecule has 0 spiro atoms. The predicted octanol–water partition coefficient (Wildman–Crippen LogP) is 3.24. The number of hydrogen-bond acceptors (Lipinski definition) is 4. The first-order valence-electron chi connectivity index (χ1n) is 6.84. The van der Waals surface area contributed by atoms with E-state index in [0.717, 1.165) is 11.3 Å². The van der Waals surface area contributed by atoms with Crippen LogP contribution in [0.5, 0.6) is 11.5 Å². The Balaban J connectivity index is 1.96. The van der Waals surface area contributed by atoms with Crippen molar-refractivity contribution in [3.05, 3.63) is 40.1 Å². The van der Waals surface area contributed by atoms with Gasteiger partial charge in [-0.15, -0.1) is 17.8 Å². The largest absolute Gasteiger partial charge is 0.493 e. The summed E-state index contributed by atoms with van der Waals surface area (Å²) < 4.78 is 10.8. The van der Waals surface area contributed by atoms with Crippen molar-refractivity contribution in [3.8, 4) is 23.8 Å². The molecule has 1 aliphatic rings. The number of carbonyl (C=O) groups excluding carboxylic acids is 1. The van der Waals surface area contributed by atoms with Gasteiger partial charge < -0.3 is 14.8 Å². The second-order valence-electron chi connectivity index (χ2n) is 4.91. The third kappa shape index (κ3) is 2.66. The Morgan fingerprint density at radius 1 is 1.41 bits per heavy atom. The number of fused-ring (bicyclic) bond motifs is 1. The Labute approximate surface area is 133 Å². The number of rotatable bonds is 4. The molecule has 1 N–H and O–H groups in total. The van der Waals surface area contributed by atoms with E-state index in [2.05, 4.69) is 11.2 Å². The van der Waals surface area contributed by atoms with Crippen LogP contribution in [0.25, 0.3) is 0 Å². The first-order chi connectivity index (χ1) is 10.7. The van der Waals surface area contributed by atoms with E-state index in [1.807, 2.05) is 29.6 Å². The van der Waals surface area contributed by atoms with Crippen molar-refractivity contribution in [2.45, 2.75) is 12.3 Å². The molecular weight excluding hydrogens is 298 g/mol. The van der Waals surface area contributed by atoms with Crippen LogP contribution in [-0.2, 0) is 4.79 Å². The lowest BCUT2D eigenvalue weighted by atomic mass is 9.90. The van der Waals surface area contributed by atoms with E-state index in [4.69, 9.17) is 15.9 Å². The van der Waals surface area contributed by atoms with Gasteiger partial charge in [-0.1, -0.05) is 12.0 Å². The molecule has 0 bridgehead atoms. The molecule has 1 aromatic carbocycles. The minimum atomic E-state index is 0.0301. The van der Waals surface area contributed by atoms with E-state index in [9.17, 15) is 4.79 Å². The molecule has 2 heterocycles. The number of methoxy groups -OCH3 is 1. The highest BCUT2D eigenvalue weighted by molar-refractivity contribution is 7.10. The fourth-order valence-corrected chi connectivity index (χ4v) is 3.56. The molecule has 0 saturated carbocycles. The number of amides is 1. The molecule has 112 valence electrons. The minimum absolute atomic E-state index is 0.0301. The molecule has 0 unspecified atom stereocenters. The number of anilines is 1. The van der Waals surface area contributed by atoms with Gasteiger partial charge in [0.1, 0.15) is 6.61 Å². The lowest BCUT2D eigenvalue weighted by Gasteiger charge is -2.23. The molecule has 1 amide bonds. The van der Waals surface area contributed by atoms with E-state index >= 15 is 0 Å². The van der Waals surface area contributed by atoms with E-state index in [0.29, 0.717) is 17.9 Å². The van der Waals surface area contributed by atoms with E-state index in [1.54, 1.807) is 18.4 Å². The van der Waals surface area contributed by atoms with Crippen molar-refractivity contribution in [2.75, 3.05) is 19.0 Å². The highest BCUT2D eigenvalue weighted by atomic mass is 32.1. The number of hydrogen-bond donors (Lipinski definition) is 1. The zero-order valence-electron chi connectivity index (χ0n) is 12.1. The van der Waals surface area contributed by atoms with Gasteiger partial charge >= 0.3 is 0 Å². The molecule has 1 aliphatic heterocycles. The van der Waals surface area contributed by atoms with Crippen molar-refractivity contribution in [1.82, 2.24) is 0 Å². The monoisotopic (exact) mass is 313 g/mol. The standard InChI is InChI=1S/C17H15NO3S/c1-3-7-21-14-5-4-11(9-15(14)20-2)12-10-16(19)18-13-6-8-22-17(12)13/h1,4-6,8-9,12H,7,10H2,2H3,(H,18,19)/t12-/m1/s1. The van der Waals surface area contributed by atoms with Crippen LogP contribution < -0.4 is 14.8 Å². The van der Waals surface area contributed by atoms with Crippen molar-refractivity contribution in [3.63, 3.8) is 0 Å². The SMILES string of the molecule is C#CCOc1ccc([C@H]2CC(=O)Nc3ccsc32)cc1OC. The number of terminal acetylenes is 1. The topological polar surface area (TPSA) is 47.6 Å². The smallest absolute Gasteiger partial charge is 0.225 e. The first-order valence-corrected chi connectivity index (χ1v) is 7.72. The molecule has 2 aromatic rings. The van der Waals surface area contributed by atoms with Gasteiger partial charge in [0.05, 0.1) is 12.8 Å². The molecule has 4 nitrogen and oxygen atoms in total. The van der Waals surface area contributed by atoms with Gasteiger partial charge in [0.25, 0.3) is 0 Å². The molecule has 5 heteroatoms. The normalized spacial score (nSPS) is 16.4. The quantitative estimate of drug-likeness (QED) is 0.882. The van der Waals surface area contributed by atoms with Gasteiger partial charge in [0.15, 0.2) is 11.5 Å². The fourth-order valence-electron chi connectivity index (χ4n) is 2.58. The average Bonchev–Trinajstić information content (AvgIpc) is 3.00. The Bertz CT molecular complexity index is 745. The van der Waals surface area contributed by atoms with Crippen LogP contribution in [-0.4, -0.2) is 19.6 Å². The Kier molecular flexibility index (Phi) is 4.03. The Morgan fingerprint density at radius 2 is 2.27 bits per heavy atom. The summed E-state index contributed by atoms with van der Waals surface area (Å²) in [6.07, 6.45) is 5.64. The number of ether oxygens (including phenoxy) is 2. The third-order valence-electron chi connectivity index (χ3n) is 3.58. The van der Waals surface area contributed by atoms with Gasteiger partial charge in [-0.2, -0.15) is 0 Å². The molecule has 1 aromatic heterocycles. The summed E-state index contributed by atoms with van der Waals surface area (Å²) >= 11 is 1.65. The second-order valence-corrected chi connectivity index (χ2v) is 5.85. The molecule has 1 atom stereocenters. The van der Waals surface area contributed by atoms with E-state index < -0.39 is 0 Å². The lowest BCUT2D eigenvalue weighted by Crippen LogP contribution is -2.21. The maximum absolute atomic E-state index is 11.9. The minimum Gasteiger partial charge on any atom is -0.493 e. The molecule has 0 fully saturated rings. The summed E-state index contributed by atoms with van der Waals surface area (Å²) in [4.78, 5) is 13.1. The highest BCUT2D eigenvalue weighted by Gasteiger charge is 2.28. The van der Waals surface area contributed by atoms with Crippen molar-refractivity contribution >= 4 is 22.9 Å². The zero-order chi connectivity index (χ0) is 15.5. The summed E-state index contributed by atoms with van der Waals surface area (Å²) in [5.74, 6) is 3.73. The van der Waals surface area contributed by atoms with Crippen LogP contribution in [0.1, 0.15) is 22.8 Å². The summed E-state index contributed by atoms with van der Waals surface area (Å²) in [5, 5.41) is 4.89. The predicted molar refractivity (Wildman–Crippen MR) is 86.7 cm³/mol. The van der Waals surface area contributed by atoms with Crippen molar-refractivity contribution < 1.29 is 14.3 Å². The molecule has 0 radical (unpaired) electrons. The maximum Gasteiger partial charge on any atom is 0.225 e. The number of benzene rings is 1. The maximum atomic E-state index is 11.9. The third-order valence-corrected chi connectivity index (χ3v) is 4.61. The molecule has 0 saturated heterocycles. The molecular formula is C17H15NO3S. The molecule has 0 aliphatic carbocycles. The van der Waals surface area contributed by atoms with Crippen LogP contribution in [0.3, 0.4) is 0 Å². The van der Waals surface area contributed by atoms with Crippen LogP contribution >= 0.6 is 11.3 Å². The fraction of sp³-hybridized carbons (Fsp3) is 0.235. The summed E-state index contributed by atoms with van der Waals surface area (Å²) in [5.41, 5.74) is 1.93. The van der Waals surface area contributed by atoms with Gasteiger partial charge in [-0.25, -0.2) is 0 Å². The molecule has 3 rings (SSSR count). The Hall–Kier alpha value is -2.45. The summed E-state index contributed by atoms with van der Waals surface area (Å²) in [7, 11) is 1.59. The van der Waals surface area contributed by atoms with Crippen molar-refractivity contribution in [2.24, 2.45) is 0 Å². The van der Waals surface area contributed by atoms with Gasteiger partial charge in [0.2, 0.25) is 5.91 Å². The number of thiophene rings is 1. The van der Waals surface area contributed by atoms with Gasteiger partial charge in [-0.05, 0) is 29.1 Å². The van der Waals surface area contributed by atoms with Crippen LogP contribution in [0.15, 0.2) is 29.6 Å². The summed E-state index contributed by atoms with van der Waals surface area (Å²) in [6.45, 7) is 0.191. The van der Waals surface area contributed by atoms with Gasteiger partial charge in [-0.3, -0.25) is 4.79 Å². The second kappa shape index (κ2) is 6.12. The summed E-state index contributed by atoms with van der Waals surface area (Å²) in [6, 6.07) is 7.65.